The molecule has 4 heterocycles. The number of aromatic nitrogens is 4. The van der Waals surface area contributed by atoms with Crippen LogP contribution in [-0.2, 0) is 0 Å². The fourth-order valence-corrected chi connectivity index (χ4v) is 5.05. The Morgan fingerprint density at radius 2 is 1.90 bits per heavy atom. The minimum atomic E-state index is 0.650. The van der Waals surface area contributed by atoms with E-state index in [-0.39, 0.29) is 0 Å². The van der Waals surface area contributed by atoms with Gasteiger partial charge in [0.25, 0.3) is 0 Å². The molecule has 1 aliphatic heterocycles. The standard InChI is InChI=1S/C25H25N5O/c1-15-9-18(19-12-23(31-2)25-27-14-28-30(25)13-19)11-22-24(15)20-10-17(3-4-21(20)29-22)16-5-7-26-8-6-16/h3-4,9-14,16,26,29H,5-8H2,1-2H3. The molecule has 1 aliphatic rings. The maximum absolute atomic E-state index is 5.55. The Bertz CT molecular complexity index is 1420. The van der Waals surface area contributed by atoms with Crippen LogP contribution in [0.25, 0.3) is 38.6 Å². The lowest BCUT2D eigenvalue weighted by Gasteiger charge is -2.23. The van der Waals surface area contributed by atoms with Crippen LogP contribution in [-0.4, -0.2) is 39.8 Å². The zero-order valence-electron chi connectivity index (χ0n) is 17.8. The minimum Gasteiger partial charge on any atom is -0.493 e. The lowest BCUT2D eigenvalue weighted by molar-refractivity contribution is 0.417. The molecule has 0 saturated carbocycles. The molecule has 0 unspecified atom stereocenters. The molecule has 0 radical (unpaired) electrons. The van der Waals surface area contributed by atoms with E-state index in [1.54, 1.807) is 18.0 Å². The molecule has 0 spiro atoms. The Hall–Kier alpha value is -3.38. The van der Waals surface area contributed by atoms with Gasteiger partial charge in [-0.05, 0) is 79.7 Å². The second-order valence-corrected chi connectivity index (χ2v) is 8.50. The third kappa shape index (κ3) is 2.98. The molecule has 0 bridgehead atoms. The van der Waals surface area contributed by atoms with Crippen LogP contribution in [0, 0.1) is 6.92 Å². The number of aryl methyl sites for hydroxylation is 1. The second kappa shape index (κ2) is 7.10. The first kappa shape index (κ1) is 18.4. The number of pyridine rings is 1. The largest absolute Gasteiger partial charge is 0.493 e. The van der Waals surface area contributed by atoms with Crippen LogP contribution in [0.3, 0.4) is 0 Å². The average Bonchev–Trinajstić information content (AvgIpc) is 3.42. The van der Waals surface area contributed by atoms with E-state index in [0.717, 1.165) is 41.1 Å². The molecule has 1 saturated heterocycles. The number of benzene rings is 2. The highest BCUT2D eigenvalue weighted by atomic mass is 16.5. The van der Waals surface area contributed by atoms with Crippen molar-refractivity contribution in [2.24, 2.45) is 0 Å². The molecule has 3 aromatic heterocycles. The Labute approximate surface area is 180 Å². The van der Waals surface area contributed by atoms with Crippen molar-refractivity contribution >= 4 is 27.5 Å². The van der Waals surface area contributed by atoms with Gasteiger partial charge in [-0.25, -0.2) is 9.50 Å². The van der Waals surface area contributed by atoms with Crippen LogP contribution in [0.4, 0.5) is 0 Å². The molecule has 1 fully saturated rings. The van der Waals surface area contributed by atoms with Crippen LogP contribution in [0.1, 0.15) is 29.9 Å². The molecule has 31 heavy (non-hydrogen) atoms. The van der Waals surface area contributed by atoms with Gasteiger partial charge < -0.3 is 15.0 Å². The number of nitrogens with one attached hydrogen (secondary N) is 2. The highest BCUT2D eigenvalue weighted by molar-refractivity contribution is 6.10. The summed E-state index contributed by atoms with van der Waals surface area (Å²) in [5, 5.41) is 10.4. The number of fused-ring (bicyclic) bond motifs is 4. The molecule has 6 nitrogen and oxygen atoms in total. The number of H-pyrrole nitrogens is 1. The zero-order valence-corrected chi connectivity index (χ0v) is 17.8. The number of rotatable bonds is 3. The summed E-state index contributed by atoms with van der Waals surface area (Å²) in [6.07, 6.45) is 5.98. The molecule has 6 heteroatoms. The molecule has 0 aliphatic carbocycles. The summed E-state index contributed by atoms with van der Waals surface area (Å²) in [6.45, 7) is 4.42. The van der Waals surface area contributed by atoms with Gasteiger partial charge in [-0.2, -0.15) is 5.10 Å². The van der Waals surface area contributed by atoms with Crippen LogP contribution in [0.15, 0.2) is 48.9 Å². The Balaban J connectivity index is 1.50. The van der Waals surface area contributed by atoms with Crippen LogP contribution >= 0.6 is 0 Å². The monoisotopic (exact) mass is 411 g/mol. The third-order valence-corrected chi connectivity index (χ3v) is 6.62. The summed E-state index contributed by atoms with van der Waals surface area (Å²) >= 11 is 0. The van der Waals surface area contributed by atoms with Gasteiger partial charge in [-0.15, -0.1) is 0 Å². The first-order valence-corrected chi connectivity index (χ1v) is 10.9. The highest BCUT2D eigenvalue weighted by Gasteiger charge is 2.17. The van der Waals surface area contributed by atoms with Gasteiger partial charge in [0.2, 0.25) is 0 Å². The summed E-state index contributed by atoms with van der Waals surface area (Å²) in [6, 6.07) is 13.5. The van der Waals surface area contributed by atoms with Crippen molar-refractivity contribution in [3.05, 3.63) is 60.0 Å². The van der Waals surface area contributed by atoms with E-state index < -0.39 is 0 Å². The van der Waals surface area contributed by atoms with E-state index in [1.807, 2.05) is 12.3 Å². The number of hydrogen-bond donors (Lipinski definition) is 2. The lowest BCUT2D eigenvalue weighted by atomic mass is 9.89. The smallest absolute Gasteiger partial charge is 0.197 e. The second-order valence-electron chi connectivity index (χ2n) is 8.50. The van der Waals surface area contributed by atoms with Crippen molar-refractivity contribution in [3.63, 3.8) is 0 Å². The van der Waals surface area contributed by atoms with E-state index in [4.69, 9.17) is 4.74 Å². The van der Waals surface area contributed by atoms with Crippen molar-refractivity contribution < 1.29 is 4.74 Å². The summed E-state index contributed by atoms with van der Waals surface area (Å²) < 4.78 is 7.32. The molecular formula is C25H25N5O. The number of ether oxygens (including phenoxy) is 1. The predicted molar refractivity (Wildman–Crippen MR) is 124 cm³/mol. The Morgan fingerprint density at radius 3 is 2.74 bits per heavy atom. The molecule has 0 amide bonds. The number of piperidine rings is 1. The van der Waals surface area contributed by atoms with Crippen molar-refractivity contribution in [2.75, 3.05) is 20.2 Å². The number of aromatic amines is 1. The van der Waals surface area contributed by atoms with Crippen molar-refractivity contribution in [2.45, 2.75) is 25.7 Å². The molecule has 2 aromatic carbocycles. The van der Waals surface area contributed by atoms with E-state index in [9.17, 15) is 0 Å². The molecule has 156 valence electrons. The van der Waals surface area contributed by atoms with Crippen molar-refractivity contribution in [1.82, 2.24) is 24.9 Å². The van der Waals surface area contributed by atoms with Gasteiger partial charge in [-0.1, -0.05) is 12.1 Å². The molecule has 6 rings (SSSR count). The molecular weight excluding hydrogens is 386 g/mol. The Morgan fingerprint density at radius 1 is 1.03 bits per heavy atom. The maximum atomic E-state index is 5.55. The third-order valence-electron chi connectivity index (χ3n) is 6.62. The summed E-state index contributed by atoms with van der Waals surface area (Å²) in [5.74, 6) is 1.37. The summed E-state index contributed by atoms with van der Waals surface area (Å²) in [7, 11) is 1.67. The first-order chi connectivity index (χ1) is 15.2. The topological polar surface area (TPSA) is 67.2 Å². The van der Waals surface area contributed by atoms with Gasteiger partial charge in [-0.3, -0.25) is 0 Å². The molecule has 0 atom stereocenters. The Kier molecular flexibility index (Phi) is 4.21. The molecule has 2 N–H and O–H groups in total. The fraction of sp³-hybridized carbons (Fsp3) is 0.280. The zero-order chi connectivity index (χ0) is 20.9. The fourth-order valence-electron chi connectivity index (χ4n) is 5.05. The van der Waals surface area contributed by atoms with Crippen LogP contribution < -0.4 is 10.1 Å². The average molecular weight is 412 g/mol. The van der Waals surface area contributed by atoms with E-state index in [0.29, 0.717) is 5.92 Å². The van der Waals surface area contributed by atoms with Gasteiger partial charge in [0.1, 0.15) is 6.33 Å². The van der Waals surface area contributed by atoms with Crippen molar-refractivity contribution in [3.8, 4) is 16.9 Å². The highest BCUT2D eigenvalue weighted by Crippen LogP contribution is 2.36. The number of nitrogens with zero attached hydrogens (tertiary/aromatic N) is 3. The normalized spacial score (nSPS) is 15.3. The van der Waals surface area contributed by atoms with Crippen LogP contribution in [0.5, 0.6) is 5.75 Å². The molecule has 5 aromatic rings. The SMILES string of the molecule is COc1cc(-c2cc(C)c3c(c2)[nH]c2ccc(C4CCNCC4)cc23)cn2ncnc12. The van der Waals surface area contributed by atoms with E-state index in [2.05, 4.69) is 57.6 Å². The van der Waals surface area contributed by atoms with Gasteiger partial charge in [0, 0.05) is 33.6 Å². The van der Waals surface area contributed by atoms with Gasteiger partial charge in [0.15, 0.2) is 11.4 Å². The summed E-state index contributed by atoms with van der Waals surface area (Å²) in [4.78, 5) is 7.93. The van der Waals surface area contributed by atoms with Gasteiger partial charge in [0.05, 0.1) is 7.11 Å². The lowest BCUT2D eigenvalue weighted by Crippen LogP contribution is -2.26. The minimum absolute atomic E-state index is 0.650. The predicted octanol–water partition coefficient (Wildman–Crippen LogP) is 4.81. The van der Waals surface area contributed by atoms with E-state index >= 15 is 0 Å². The maximum Gasteiger partial charge on any atom is 0.197 e. The van der Waals surface area contributed by atoms with Crippen LogP contribution in [0.2, 0.25) is 0 Å². The van der Waals surface area contributed by atoms with E-state index in [1.165, 1.54) is 40.3 Å². The van der Waals surface area contributed by atoms with Crippen molar-refractivity contribution in [1.29, 1.82) is 0 Å². The quantitative estimate of drug-likeness (QED) is 0.447. The van der Waals surface area contributed by atoms with Gasteiger partial charge >= 0.3 is 0 Å². The first-order valence-electron chi connectivity index (χ1n) is 10.9. The number of hydrogen-bond acceptors (Lipinski definition) is 4. The number of methoxy groups -OCH3 is 1. The summed E-state index contributed by atoms with van der Waals surface area (Å²) in [5.41, 5.74) is 7.97.